The lowest BCUT2D eigenvalue weighted by Crippen LogP contribution is -2.01. The smallest absolute Gasteiger partial charge is 0.348 e. The van der Waals surface area contributed by atoms with Crippen LogP contribution in [0.3, 0.4) is 0 Å². The molecule has 0 atom stereocenters. The summed E-state index contributed by atoms with van der Waals surface area (Å²) in [6.07, 6.45) is 0. The summed E-state index contributed by atoms with van der Waals surface area (Å²) < 4.78 is 5.93. The van der Waals surface area contributed by atoms with Crippen molar-refractivity contribution in [3.05, 3.63) is 34.2 Å². The molecule has 2 nitrogen and oxygen atoms in total. The van der Waals surface area contributed by atoms with Crippen LogP contribution >= 0.6 is 22.9 Å². The third kappa shape index (κ3) is 1.98. The van der Waals surface area contributed by atoms with Crippen molar-refractivity contribution in [2.24, 2.45) is 0 Å². The Kier molecular flexibility index (Phi) is 2.93. The second-order valence-electron chi connectivity index (χ2n) is 2.98. The van der Waals surface area contributed by atoms with E-state index in [-0.39, 0.29) is 5.97 Å². The van der Waals surface area contributed by atoms with Gasteiger partial charge in [-0.3, -0.25) is 0 Å². The number of carbonyl (C=O) groups is 1. The van der Waals surface area contributed by atoms with E-state index in [9.17, 15) is 4.79 Å². The van der Waals surface area contributed by atoms with Gasteiger partial charge in [0.05, 0.1) is 6.61 Å². The van der Waals surface area contributed by atoms with Gasteiger partial charge in [-0.2, -0.15) is 0 Å². The van der Waals surface area contributed by atoms with Crippen LogP contribution in [0.4, 0.5) is 0 Å². The van der Waals surface area contributed by atoms with Crippen LogP contribution in [-0.4, -0.2) is 12.6 Å². The Hall–Kier alpha value is -1.06. The quantitative estimate of drug-likeness (QED) is 0.748. The second-order valence-corrected chi connectivity index (χ2v) is 4.47. The lowest BCUT2D eigenvalue weighted by atomic mass is 10.2. The van der Waals surface area contributed by atoms with E-state index in [4.69, 9.17) is 16.3 Å². The highest BCUT2D eigenvalue weighted by Crippen LogP contribution is 2.31. The van der Waals surface area contributed by atoms with Gasteiger partial charge in [0.25, 0.3) is 0 Å². The minimum atomic E-state index is -0.283. The molecule has 2 rings (SSSR count). The molecule has 1 heterocycles. The third-order valence-corrected chi connectivity index (χ3v) is 3.39. The van der Waals surface area contributed by atoms with Crippen molar-refractivity contribution in [1.82, 2.24) is 0 Å². The molecule has 0 fully saturated rings. The SMILES string of the molecule is CCOC(=O)c1cc2c(Cl)cccc2s1. The van der Waals surface area contributed by atoms with Gasteiger partial charge in [0.1, 0.15) is 4.88 Å². The molecule has 0 spiro atoms. The van der Waals surface area contributed by atoms with Crippen LogP contribution in [0.1, 0.15) is 16.6 Å². The second kappa shape index (κ2) is 4.21. The van der Waals surface area contributed by atoms with E-state index in [0.29, 0.717) is 16.5 Å². The van der Waals surface area contributed by atoms with Gasteiger partial charge in [0.2, 0.25) is 0 Å². The number of carbonyl (C=O) groups excluding carboxylic acids is 1. The lowest BCUT2D eigenvalue weighted by Gasteiger charge is -1.95. The van der Waals surface area contributed by atoms with Crippen molar-refractivity contribution in [3.63, 3.8) is 0 Å². The number of benzene rings is 1. The van der Waals surface area contributed by atoms with E-state index in [1.165, 1.54) is 11.3 Å². The summed E-state index contributed by atoms with van der Waals surface area (Å²) in [7, 11) is 0. The Labute approximate surface area is 96.4 Å². The fraction of sp³-hybridized carbons (Fsp3) is 0.182. The van der Waals surface area contributed by atoms with Crippen molar-refractivity contribution < 1.29 is 9.53 Å². The summed E-state index contributed by atoms with van der Waals surface area (Å²) in [5.41, 5.74) is 0. The molecule has 0 amide bonds. The van der Waals surface area contributed by atoms with Crippen molar-refractivity contribution in [3.8, 4) is 0 Å². The van der Waals surface area contributed by atoms with Gasteiger partial charge in [0.15, 0.2) is 0 Å². The maximum atomic E-state index is 11.5. The third-order valence-electron chi connectivity index (χ3n) is 1.98. The molecule has 0 unspecified atom stereocenters. The Morgan fingerprint density at radius 1 is 1.53 bits per heavy atom. The number of rotatable bonds is 2. The molecule has 0 bridgehead atoms. The molecule has 2 aromatic rings. The average Bonchev–Trinajstić information content (AvgIpc) is 2.63. The molecule has 0 radical (unpaired) electrons. The molecule has 0 aliphatic heterocycles. The molecular weight excluding hydrogens is 232 g/mol. The van der Waals surface area contributed by atoms with Crippen molar-refractivity contribution in [1.29, 1.82) is 0 Å². The molecule has 0 saturated heterocycles. The van der Waals surface area contributed by atoms with Gasteiger partial charge < -0.3 is 4.74 Å². The fourth-order valence-electron chi connectivity index (χ4n) is 1.33. The minimum absolute atomic E-state index is 0.283. The normalized spacial score (nSPS) is 10.5. The molecule has 0 N–H and O–H groups in total. The van der Waals surface area contributed by atoms with Crippen LogP contribution in [0.25, 0.3) is 10.1 Å². The first-order valence-electron chi connectivity index (χ1n) is 4.57. The van der Waals surface area contributed by atoms with E-state index in [1.807, 2.05) is 18.2 Å². The van der Waals surface area contributed by atoms with Gasteiger partial charge in [-0.1, -0.05) is 17.7 Å². The molecule has 1 aromatic heterocycles. The number of esters is 1. The van der Waals surface area contributed by atoms with Crippen LogP contribution in [0.15, 0.2) is 24.3 Å². The highest BCUT2D eigenvalue weighted by molar-refractivity contribution is 7.20. The largest absolute Gasteiger partial charge is 0.462 e. The molecule has 0 aliphatic carbocycles. The zero-order chi connectivity index (χ0) is 10.8. The minimum Gasteiger partial charge on any atom is -0.462 e. The molecule has 4 heteroatoms. The highest BCUT2D eigenvalue weighted by atomic mass is 35.5. The first kappa shape index (κ1) is 10.5. The topological polar surface area (TPSA) is 26.3 Å². The lowest BCUT2D eigenvalue weighted by molar-refractivity contribution is 0.0532. The van der Waals surface area contributed by atoms with Crippen LogP contribution in [0.2, 0.25) is 5.02 Å². The van der Waals surface area contributed by atoms with E-state index in [0.717, 1.165) is 10.1 Å². The van der Waals surface area contributed by atoms with Gasteiger partial charge in [-0.15, -0.1) is 11.3 Å². The number of hydrogen-bond acceptors (Lipinski definition) is 3. The molecule has 0 aliphatic rings. The standard InChI is InChI=1S/C11H9ClO2S/c1-2-14-11(13)10-6-7-8(12)4-3-5-9(7)15-10/h3-6H,2H2,1H3. The van der Waals surface area contributed by atoms with Crippen molar-refractivity contribution in [2.75, 3.05) is 6.61 Å². The van der Waals surface area contributed by atoms with Crippen molar-refractivity contribution >= 4 is 39.0 Å². The number of hydrogen-bond donors (Lipinski definition) is 0. The molecular formula is C11H9ClO2S. The highest BCUT2D eigenvalue weighted by Gasteiger charge is 2.12. The first-order valence-corrected chi connectivity index (χ1v) is 5.77. The molecule has 78 valence electrons. The maximum absolute atomic E-state index is 11.5. The Balaban J connectivity index is 2.47. The summed E-state index contributed by atoms with van der Waals surface area (Å²) in [5, 5.41) is 1.58. The number of halogens is 1. The van der Waals surface area contributed by atoms with E-state index >= 15 is 0 Å². The predicted molar refractivity (Wildman–Crippen MR) is 62.8 cm³/mol. The van der Waals surface area contributed by atoms with Gasteiger partial charge >= 0.3 is 5.97 Å². The van der Waals surface area contributed by atoms with Gasteiger partial charge in [-0.05, 0) is 25.1 Å². The Morgan fingerprint density at radius 3 is 3.00 bits per heavy atom. The summed E-state index contributed by atoms with van der Waals surface area (Å²) in [5.74, 6) is -0.283. The number of ether oxygens (including phenoxy) is 1. The predicted octanol–water partition coefficient (Wildman–Crippen LogP) is 3.73. The number of thiophene rings is 1. The number of fused-ring (bicyclic) bond motifs is 1. The van der Waals surface area contributed by atoms with E-state index < -0.39 is 0 Å². The zero-order valence-electron chi connectivity index (χ0n) is 8.12. The Bertz CT molecular complexity index is 504. The summed E-state index contributed by atoms with van der Waals surface area (Å²) in [6.45, 7) is 2.18. The molecule has 1 aromatic carbocycles. The van der Waals surface area contributed by atoms with E-state index in [2.05, 4.69) is 0 Å². The van der Waals surface area contributed by atoms with Crippen molar-refractivity contribution in [2.45, 2.75) is 6.92 Å². The molecule has 15 heavy (non-hydrogen) atoms. The van der Waals surface area contributed by atoms with Gasteiger partial charge in [-0.25, -0.2) is 4.79 Å². The Morgan fingerprint density at radius 2 is 2.33 bits per heavy atom. The summed E-state index contributed by atoms with van der Waals surface area (Å²) in [4.78, 5) is 12.1. The van der Waals surface area contributed by atoms with Crippen LogP contribution in [0.5, 0.6) is 0 Å². The van der Waals surface area contributed by atoms with Crippen LogP contribution in [-0.2, 0) is 4.74 Å². The average molecular weight is 241 g/mol. The summed E-state index contributed by atoms with van der Waals surface area (Å²) >= 11 is 7.41. The monoisotopic (exact) mass is 240 g/mol. The molecule has 0 saturated carbocycles. The maximum Gasteiger partial charge on any atom is 0.348 e. The van der Waals surface area contributed by atoms with Crippen LogP contribution < -0.4 is 0 Å². The first-order chi connectivity index (χ1) is 7.22. The van der Waals surface area contributed by atoms with E-state index in [1.54, 1.807) is 13.0 Å². The fourth-order valence-corrected chi connectivity index (χ4v) is 2.59. The zero-order valence-corrected chi connectivity index (χ0v) is 9.69. The van der Waals surface area contributed by atoms with Gasteiger partial charge in [0, 0.05) is 15.1 Å². The van der Waals surface area contributed by atoms with Crippen LogP contribution in [0, 0.1) is 0 Å². The summed E-state index contributed by atoms with van der Waals surface area (Å²) in [6, 6.07) is 7.40.